The second-order valence-corrected chi connectivity index (χ2v) is 9.10. The normalized spacial score (nSPS) is 14.0. The van der Waals surface area contributed by atoms with E-state index in [1.54, 1.807) is 30.3 Å². The molecule has 0 spiro atoms. The van der Waals surface area contributed by atoms with Crippen LogP contribution in [-0.4, -0.2) is 33.5 Å². The van der Waals surface area contributed by atoms with E-state index < -0.39 is 16.6 Å². The smallest absolute Gasteiger partial charge is 0.387 e. The monoisotopic (exact) mass is 443 g/mol. The van der Waals surface area contributed by atoms with Gasteiger partial charge in [0.05, 0.1) is 12.0 Å². The van der Waals surface area contributed by atoms with E-state index in [0.29, 0.717) is 28.3 Å². The van der Waals surface area contributed by atoms with Crippen LogP contribution >= 0.6 is 11.6 Å². The summed E-state index contributed by atoms with van der Waals surface area (Å²) in [5.74, 6) is 0.606. The maximum Gasteiger partial charge on any atom is 0.387 e. The van der Waals surface area contributed by atoms with Crippen LogP contribution in [0.25, 0.3) is 6.08 Å². The van der Waals surface area contributed by atoms with Gasteiger partial charge < -0.3 is 9.47 Å². The molecule has 0 amide bonds. The number of hydrogen-bond acceptors (Lipinski definition) is 4. The topological polar surface area (TPSA) is 55.8 Å². The first-order chi connectivity index (χ1) is 13.7. The van der Waals surface area contributed by atoms with Crippen LogP contribution in [0.3, 0.4) is 0 Å². The van der Waals surface area contributed by atoms with Gasteiger partial charge in [0.1, 0.15) is 11.5 Å². The zero-order valence-electron chi connectivity index (χ0n) is 15.9. The van der Waals surface area contributed by atoms with Crippen LogP contribution in [0.5, 0.6) is 11.5 Å². The lowest BCUT2D eigenvalue weighted by Gasteiger charge is -2.23. The highest BCUT2D eigenvalue weighted by Gasteiger charge is 2.27. The fourth-order valence-corrected chi connectivity index (χ4v) is 4.76. The van der Waals surface area contributed by atoms with Crippen molar-refractivity contribution in [1.82, 2.24) is 4.31 Å². The molecule has 0 N–H and O–H groups in total. The molecule has 0 aromatic heterocycles. The molecule has 1 aliphatic rings. The number of benzene rings is 2. The maximum absolute atomic E-state index is 13.1. The van der Waals surface area contributed by atoms with Gasteiger partial charge in [-0.05, 0) is 60.4 Å². The highest BCUT2D eigenvalue weighted by Crippen LogP contribution is 2.32. The van der Waals surface area contributed by atoms with E-state index in [9.17, 15) is 17.2 Å². The van der Waals surface area contributed by atoms with Crippen molar-refractivity contribution in [2.75, 3.05) is 14.2 Å². The first-order valence-corrected chi connectivity index (χ1v) is 10.6. The molecule has 0 atom stereocenters. The van der Waals surface area contributed by atoms with Crippen LogP contribution < -0.4 is 9.47 Å². The third-order valence-corrected chi connectivity index (χ3v) is 6.84. The van der Waals surface area contributed by atoms with Gasteiger partial charge in [-0.25, -0.2) is 8.42 Å². The van der Waals surface area contributed by atoms with E-state index in [1.165, 1.54) is 30.6 Å². The second-order valence-electron chi connectivity index (χ2n) is 6.57. The third-order valence-electron chi connectivity index (χ3n) is 4.67. The molecule has 1 aliphatic carbocycles. The number of nitrogens with zero attached hydrogens (tertiary/aromatic N) is 1. The SMILES string of the molecule is COc1ccc(Cl)cc1CN(C)S(=O)(=O)C1=Cc2ccc(OC(F)F)cc2CC1. The Morgan fingerprint density at radius 3 is 2.62 bits per heavy atom. The number of methoxy groups -OCH3 is 1. The van der Waals surface area contributed by atoms with E-state index in [4.69, 9.17) is 16.3 Å². The van der Waals surface area contributed by atoms with Crippen LogP contribution in [-0.2, 0) is 23.0 Å². The van der Waals surface area contributed by atoms with E-state index in [2.05, 4.69) is 4.74 Å². The van der Waals surface area contributed by atoms with Crippen molar-refractivity contribution < 1.29 is 26.7 Å². The standard InChI is InChI=1S/C20H20ClF2NO4S/c1-24(12-15-9-16(21)5-8-19(15)27-2)29(25,26)18-7-4-13-10-17(28-20(22)23)6-3-14(13)11-18/h3,5-6,8-11,20H,4,7,12H2,1-2H3. The Kier molecular flexibility index (Phi) is 6.45. The molecule has 0 aliphatic heterocycles. The van der Waals surface area contributed by atoms with Crippen molar-refractivity contribution in [3.05, 3.63) is 63.0 Å². The van der Waals surface area contributed by atoms with Crippen molar-refractivity contribution in [3.8, 4) is 11.5 Å². The summed E-state index contributed by atoms with van der Waals surface area (Å²) in [5, 5.41) is 0.485. The fraction of sp³-hybridized carbons (Fsp3) is 0.300. The molecule has 0 saturated heterocycles. The summed E-state index contributed by atoms with van der Waals surface area (Å²) in [6.45, 7) is -2.81. The summed E-state index contributed by atoms with van der Waals surface area (Å²) in [5.41, 5.74) is 2.09. The largest absolute Gasteiger partial charge is 0.496 e. The number of ether oxygens (including phenoxy) is 2. The minimum Gasteiger partial charge on any atom is -0.496 e. The van der Waals surface area contributed by atoms with E-state index in [-0.39, 0.29) is 23.6 Å². The van der Waals surface area contributed by atoms with E-state index >= 15 is 0 Å². The Labute approximate surface area is 173 Å². The molecular weight excluding hydrogens is 424 g/mol. The van der Waals surface area contributed by atoms with Gasteiger partial charge in [-0.15, -0.1) is 0 Å². The number of halogens is 3. The Morgan fingerprint density at radius 2 is 1.93 bits per heavy atom. The first-order valence-electron chi connectivity index (χ1n) is 8.78. The molecule has 5 nitrogen and oxygen atoms in total. The summed E-state index contributed by atoms with van der Waals surface area (Å²) in [6.07, 6.45) is 2.26. The van der Waals surface area contributed by atoms with Gasteiger partial charge in [0.25, 0.3) is 0 Å². The summed E-state index contributed by atoms with van der Waals surface area (Å²) in [7, 11) is -0.726. The third kappa shape index (κ3) is 4.88. The zero-order valence-corrected chi connectivity index (χ0v) is 17.4. The van der Waals surface area contributed by atoms with Crippen LogP contribution in [0.1, 0.15) is 23.1 Å². The molecule has 156 valence electrons. The van der Waals surface area contributed by atoms with Gasteiger partial charge in [0.2, 0.25) is 10.0 Å². The number of fused-ring (bicyclic) bond motifs is 1. The summed E-state index contributed by atoms with van der Waals surface area (Å²) in [6, 6.07) is 9.53. The van der Waals surface area contributed by atoms with E-state index in [0.717, 1.165) is 5.56 Å². The molecule has 0 heterocycles. The Balaban J connectivity index is 1.84. The van der Waals surface area contributed by atoms with Crippen molar-refractivity contribution in [3.63, 3.8) is 0 Å². The van der Waals surface area contributed by atoms with Gasteiger partial charge >= 0.3 is 6.61 Å². The molecule has 0 fully saturated rings. The van der Waals surface area contributed by atoms with Crippen molar-refractivity contribution in [1.29, 1.82) is 0 Å². The van der Waals surface area contributed by atoms with Crippen LogP contribution in [0.15, 0.2) is 41.3 Å². The van der Waals surface area contributed by atoms with E-state index in [1.807, 2.05) is 0 Å². The lowest BCUT2D eigenvalue weighted by Crippen LogP contribution is -2.28. The predicted octanol–water partition coefficient (Wildman–Crippen LogP) is 4.70. The molecule has 2 aromatic rings. The average molecular weight is 444 g/mol. The quantitative estimate of drug-likeness (QED) is 0.622. The minimum atomic E-state index is -3.73. The predicted molar refractivity (Wildman–Crippen MR) is 108 cm³/mol. The lowest BCUT2D eigenvalue weighted by molar-refractivity contribution is -0.0498. The lowest BCUT2D eigenvalue weighted by atomic mass is 9.97. The number of rotatable bonds is 7. The van der Waals surface area contributed by atoms with Gasteiger partial charge in [0, 0.05) is 24.2 Å². The molecule has 0 saturated carbocycles. The molecule has 9 heteroatoms. The molecule has 0 unspecified atom stereocenters. The highest BCUT2D eigenvalue weighted by atomic mass is 35.5. The highest BCUT2D eigenvalue weighted by molar-refractivity contribution is 7.93. The number of sulfonamides is 1. The van der Waals surface area contributed by atoms with Crippen molar-refractivity contribution in [2.45, 2.75) is 26.0 Å². The van der Waals surface area contributed by atoms with Gasteiger partial charge in [-0.2, -0.15) is 13.1 Å². The fourth-order valence-electron chi connectivity index (χ4n) is 3.22. The Morgan fingerprint density at radius 1 is 1.17 bits per heavy atom. The molecular formula is C20H20ClF2NO4S. The molecule has 2 aromatic carbocycles. The van der Waals surface area contributed by atoms with Crippen molar-refractivity contribution >= 4 is 27.7 Å². The Bertz CT molecular complexity index is 1040. The zero-order chi connectivity index (χ0) is 21.2. The van der Waals surface area contributed by atoms with Crippen LogP contribution in [0.2, 0.25) is 5.02 Å². The number of aryl methyl sites for hydroxylation is 1. The van der Waals surface area contributed by atoms with Crippen LogP contribution in [0.4, 0.5) is 8.78 Å². The number of hydrogen-bond donors (Lipinski definition) is 0. The van der Waals surface area contributed by atoms with Gasteiger partial charge in [-0.3, -0.25) is 0 Å². The van der Waals surface area contributed by atoms with Gasteiger partial charge in [0.15, 0.2) is 0 Å². The maximum atomic E-state index is 13.1. The molecule has 0 radical (unpaired) electrons. The summed E-state index contributed by atoms with van der Waals surface area (Å²) in [4.78, 5) is 0.260. The second kappa shape index (κ2) is 8.69. The summed E-state index contributed by atoms with van der Waals surface area (Å²) >= 11 is 6.03. The molecule has 0 bridgehead atoms. The van der Waals surface area contributed by atoms with Gasteiger partial charge in [-0.1, -0.05) is 17.7 Å². The summed E-state index contributed by atoms with van der Waals surface area (Å²) < 4.78 is 61.8. The Hall–Kier alpha value is -2.16. The molecule has 29 heavy (non-hydrogen) atoms. The van der Waals surface area contributed by atoms with Crippen LogP contribution in [0, 0.1) is 0 Å². The first kappa shape index (κ1) is 21.5. The molecule has 3 rings (SSSR count). The minimum absolute atomic E-state index is 0.0589. The number of alkyl halides is 2. The average Bonchev–Trinajstić information content (AvgIpc) is 2.67. The number of allylic oxidation sites excluding steroid dienone is 1. The van der Waals surface area contributed by atoms with Crippen molar-refractivity contribution in [2.24, 2.45) is 0 Å².